The number of aliphatic hydroxyl groups is 1. The van der Waals surface area contributed by atoms with Crippen molar-refractivity contribution < 1.29 is 9.90 Å². The third-order valence-corrected chi connectivity index (χ3v) is 4.22. The average molecular weight is 322 g/mol. The lowest BCUT2D eigenvalue weighted by molar-refractivity contribution is -0.121. The van der Waals surface area contributed by atoms with Crippen LogP contribution in [0.15, 0.2) is 66.7 Å². The van der Waals surface area contributed by atoms with Crippen LogP contribution in [-0.4, -0.2) is 17.0 Å². The van der Waals surface area contributed by atoms with Gasteiger partial charge in [-0.3, -0.25) is 4.79 Å². The minimum atomic E-state index is -0.599. The van der Waals surface area contributed by atoms with Gasteiger partial charge < -0.3 is 5.11 Å². The first kappa shape index (κ1) is 18.2. The number of hydrogen-bond acceptors (Lipinski definition) is 2. The molecule has 2 atom stereocenters. The Hall–Kier alpha value is -2.19. The van der Waals surface area contributed by atoms with Gasteiger partial charge in [-0.05, 0) is 30.0 Å². The molecule has 0 aliphatic carbocycles. The summed E-state index contributed by atoms with van der Waals surface area (Å²) in [6.45, 7) is 2.09. The number of allylic oxidation sites excluding steroid dienone is 1. The molecule has 0 spiro atoms. The Balaban J connectivity index is 2.11. The number of unbranched alkanes of at least 4 members (excludes halogenated alkanes) is 1. The maximum Gasteiger partial charge on any atom is 0.161 e. The highest BCUT2D eigenvalue weighted by Gasteiger charge is 2.24. The molecule has 1 N–H and O–H groups in total. The lowest BCUT2D eigenvalue weighted by Crippen LogP contribution is -2.29. The molecule has 0 saturated heterocycles. The number of benzene rings is 2. The molecule has 0 aliphatic heterocycles. The second kappa shape index (κ2) is 9.84. The van der Waals surface area contributed by atoms with Crippen LogP contribution in [0, 0.1) is 5.92 Å². The molecule has 0 aromatic heterocycles. The van der Waals surface area contributed by atoms with Gasteiger partial charge in [-0.25, -0.2) is 0 Å². The third-order valence-electron chi connectivity index (χ3n) is 4.22. The van der Waals surface area contributed by atoms with E-state index in [1.54, 1.807) is 6.08 Å². The molecule has 0 amide bonds. The lowest BCUT2D eigenvalue weighted by atomic mass is 9.87. The summed E-state index contributed by atoms with van der Waals surface area (Å²) in [5.41, 5.74) is 2.08. The Bertz CT molecular complexity index is 632. The Kier molecular flexibility index (Phi) is 7.44. The fraction of sp³-hybridized carbons (Fsp3) is 0.318. The molecule has 2 nitrogen and oxygen atoms in total. The molecule has 2 aromatic rings. The number of carbonyl (C=O) groups excluding carboxylic acids is 1. The van der Waals surface area contributed by atoms with Crippen LogP contribution in [0.25, 0.3) is 6.08 Å². The molecule has 0 aliphatic rings. The molecule has 2 unspecified atom stereocenters. The quantitative estimate of drug-likeness (QED) is 0.681. The summed E-state index contributed by atoms with van der Waals surface area (Å²) in [6, 6.07) is 19.7. The summed E-state index contributed by atoms with van der Waals surface area (Å²) < 4.78 is 0. The maximum atomic E-state index is 12.7. The smallest absolute Gasteiger partial charge is 0.161 e. The van der Waals surface area contributed by atoms with E-state index >= 15 is 0 Å². The van der Waals surface area contributed by atoms with Gasteiger partial charge >= 0.3 is 0 Å². The van der Waals surface area contributed by atoms with Crippen molar-refractivity contribution in [1.82, 2.24) is 0 Å². The first-order valence-corrected chi connectivity index (χ1v) is 8.69. The average Bonchev–Trinajstić information content (AvgIpc) is 2.64. The van der Waals surface area contributed by atoms with E-state index in [0.29, 0.717) is 12.8 Å². The van der Waals surface area contributed by atoms with Crippen molar-refractivity contribution >= 4 is 11.9 Å². The Labute approximate surface area is 144 Å². The van der Waals surface area contributed by atoms with Gasteiger partial charge in [-0.1, -0.05) is 86.5 Å². The van der Waals surface area contributed by atoms with E-state index in [9.17, 15) is 9.90 Å². The first-order valence-electron chi connectivity index (χ1n) is 8.69. The largest absolute Gasteiger partial charge is 0.392 e. The van der Waals surface area contributed by atoms with Crippen LogP contribution in [0.4, 0.5) is 0 Å². The third kappa shape index (κ3) is 5.78. The zero-order chi connectivity index (χ0) is 17.2. The van der Waals surface area contributed by atoms with Crippen molar-refractivity contribution in [3.63, 3.8) is 0 Å². The van der Waals surface area contributed by atoms with E-state index in [0.717, 1.165) is 24.0 Å². The monoisotopic (exact) mass is 322 g/mol. The summed E-state index contributed by atoms with van der Waals surface area (Å²) in [5, 5.41) is 10.5. The highest BCUT2D eigenvalue weighted by atomic mass is 16.3. The number of aliphatic hydroxyl groups excluding tert-OH is 1. The van der Waals surface area contributed by atoms with Crippen LogP contribution in [0.3, 0.4) is 0 Å². The summed E-state index contributed by atoms with van der Waals surface area (Å²) in [7, 11) is 0. The van der Waals surface area contributed by atoms with Crippen LogP contribution in [0.2, 0.25) is 0 Å². The predicted molar refractivity (Wildman–Crippen MR) is 99.7 cm³/mol. The van der Waals surface area contributed by atoms with Gasteiger partial charge in [0.2, 0.25) is 0 Å². The van der Waals surface area contributed by atoms with Crippen LogP contribution in [0.1, 0.15) is 37.3 Å². The fourth-order valence-corrected chi connectivity index (χ4v) is 2.77. The van der Waals surface area contributed by atoms with E-state index in [1.807, 2.05) is 66.7 Å². The highest BCUT2D eigenvalue weighted by Crippen LogP contribution is 2.19. The lowest BCUT2D eigenvalue weighted by Gasteiger charge is -2.20. The van der Waals surface area contributed by atoms with Crippen LogP contribution in [0.5, 0.6) is 0 Å². The van der Waals surface area contributed by atoms with Crippen molar-refractivity contribution in [2.45, 2.75) is 38.7 Å². The normalized spacial score (nSPS) is 13.8. The van der Waals surface area contributed by atoms with Gasteiger partial charge in [0.1, 0.15) is 0 Å². The van der Waals surface area contributed by atoms with E-state index in [4.69, 9.17) is 0 Å². The molecular formula is C22H26O2. The van der Waals surface area contributed by atoms with Crippen molar-refractivity contribution in [3.8, 4) is 0 Å². The molecule has 24 heavy (non-hydrogen) atoms. The molecule has 2 rings (SSSR count). The maximum absolute atomic E-state index is 12.7. The van der Waals surface area contributed by atoms with Gasteiger partial charge in [-0.2, -0.15) is 0 Å². The molecule has 0 bridgehead atoms. The van der Waals surface area contributed by atoms with Crippen LogP contribution < -0.4 is 0 Å². The topological polar surface area (TPSA) is 37.3 Å². The molecular weight excluding hydrogens is 296 g/mol. The Morgan fingerprint density at radius 2 is 1.67 bits per heavy atom. The van der Waals surface area contributed by atoms with E-state index in [-0.39, 0.29) is 11.7 Å². The SMILES string of the molecule is CCCCC(O)C(Cc1ccccc1)C(=O)C=Cc1ccccc1. The molecule has 0 fully saturated rings. The standard InChI is InChI=1S/C22H26O2/c1-2-3-14-21(23)20(17-19-12-8-5-9-13-19)22(24)16-15-18-10-6-4-7-11-18/h4-13,15-16,20-21,23H,2-3,14,17H2,1H3. The molecule has 0 radical (unpaired) electrons. The molecule has 0 saturated carbocycles. The van der Waals surface area contributed by atoms with E-state index < -0.39 is 6.10 Å². The number of rotatable bonds is 9. The highest BCUT2D eigenvalue weighted by molar-refractivity contribution is 5.95. The van der Waals surface area contributed by atoms with Crippen molar-refractivity contribution in [2.75, 3.05) is 0 Å². The van der Waals surface area contributed by atoms with Gasteiger partial charge in [-0.15, -0.1) is 0 Å². The number of hydrogen-bond donors (Lipinski definition) is 1. The Morgan fingerprint density at radius 1 is 1.04 bits per heavy atom. The second-order valence-electron chi connectivity index (χ2n) is 6.15. The van der Waals surface area contributed by atoms with Crippen LogP contribution in [-0.2, 0) is 11.2 Å². The van der Waals surface area contributed by atoms with E-state index in [2.05, 4.69) is 6.92 Å². The first-order chi connectivity index (χ1) is 11.7. The van der Waals surface area contributed by atoms with Crippen molar-refractivity contribution in [1.29, 1.82) is 0 Å². The summed E-state index contributed by atoms with van der Waals surface area (Å²) >= 11 is 0. The van der Waals surface area contributed by atoms with Gasteiger partial charge in [0, 0.05) is 0 Å². The zero-order valence-electron chi connectivity index (χ0n) is 14.3. The zero-order valence-corrected chi connectivity index (χ0v) is 14.3. The van der Waals surface area contributed by atoms with Crippen molar-refractivity contribution in [2.24, 2.45) is 5.92 Å². The minimum absolute atomic E-state index is 0.00805. The number of carbonyl (C=O) groups is 1. The fourth-order valence-electron chi connectivity index (χ4n) is 2.77. The summed E-state index contributed by atoms with van der Waals surface area (Å²) in [5.74, 6) is -0.398. The summed E-state index contributed by atoms with van der Waals surface area (Å²) in [4.78, 5) is 12.7. The molecule has 0 heterocycles. The second-order valence-corrected chi connectivity index (χ2v) is 6.15. The van der Waals surface area contributed by atoms with E-state index in [1.165, 1.54) is 0 Å². The van der Waals surface area contributed by atoms with Crippen LogP contribution >= 0.6 is 0 Å². The minimum Gasteiger partial charge on any atom is -0.392 e. The molecule has 2 heteroatoms. The van der Waals surface area contributed by atoms with Gasteiger partial charge in [0.05, 0.1) is 12.0 Å². The van der Waals surface area contributed by atoms with Crippen molar-refractivity contribution in [3.05, 3.63) is 77.9 Å². The molecule has 2 aromatic carbocycles. The molecule has 126 valence electrons. The Morgan fingerprint density at radius 3 is 2.29 bits per heavy atom. The predicted octanol–water partition coefficient (Wildman–Crippen LogP) is 4.68. The number of ketones is 1. The van der Waals surface area contributed by atoms with Gasteiger partial charge in [0.15, 0.2) is 5.78 Å². The summed E-state index contributed by atoms with van der Waals surface area (Å²) in [6.07, 6.45) is 6.02. The van der Waals surface area contributed by atoms with Gasteiger partial charge in [0.25, 0.3) is 0 Å².